The lowest BCUT2D eigenvalue weighted by atomic mass is 10.1. The number of benzene rings is 1. The Hall–Kier alpha value is -2.74. The first kappa shape index (κ1) is 21.6. The minimum Gasteiger partial charge on any atom is -0.462 e. The number of esters is 1. The second-order valence-corrected chi connectivity index (χ2v) is 7.17. The van der Waals surface area contributed by atoms with Gasteiger partial charge in [0.1, 0.15) is 0 Å². The average molecular weight is 402 g/mol. The fourth-order valence-electron chi connectivity index (χ4n) is 2.41. The van der Waals surface area contributed by atoms with Crippen molar-refractivity contribution in [3.8, 4) is 0 Å². The number of nitrogens with one attached hydrogen (secondary N) is 1. The lowest BCUT2D eigenvalue weighted by molar-refractivity contribution is 0.0526. The molecule has 8 heteroatoms. The molecule has 0 aliphatic carbocycles. The predicted molar refractivity (Wildman–Crippen MR) is 115 cm³/mol. The van der Waals surface area contributed by atoms with Crippen molar-refractivity contribution in [2.24, 2.45) is 10.9 Å². The summed E-state index contributed by atoms with van der Waals surface area (Å²) in [5.74, 6) is 5.10. The maximum absolute atomic E-state index is 11.7. The van der Waals surface area contributed by atoms with Crippen molar-refractivity contribution in [2.75, 3.05) is 13.2 Å². The third-order valence-electron chi connectivity index (χ3n) is 3.91. The van der Waals surface area contributed by atoms with E-state index in [0.29, 0.717) is 23.9 Å². The zero-order chi connectivity index (χ0) is 20.4. The highest BCUT2D eigenvalue weighted by Gasteiger charge is 2.10. The van der Waals surface area contributed by atoms with Gasteiger partial charge >= 0.3 is 5.97 Å². The van der Waals surface area contributed by atoms with Crippen LogP contribution in [0.25, 0.3) is 4.91 Å². The fourth-order valence-corrected chi connectivity index (χ4v) is 3.12. The molecule has 0 spiro atoms. The van der Waals surface area contributed by atoms with Gasteiger partial charge in [0.25, 0.3) is 0 Å². The number of nitrogens with two attached hydrogens (primary N) is 1. The molecule has 3 N–H and O–H groups in total. The number of aromatic nitrogens is 2. The van der Waals surface area contributed by atoms with Gasteiger partial charge in [-0.25, -0.2) is 4.79 Å². The van der Waals surface area contributed by atoms with Crippen molar-refractivity contribution in [1.82, 2.24) is 15.1 Å². The molecule has 0 radical (unpaired) electrons. The van der Waals surface area contributed by atoms with Gasteiger partial charge in [-0.05, 0) is 24.5 Å². The van der Waals surface area contributed by atoms with E-state index in [1.165, 1.54) is 18.0 Å². The first-order chi connectivity index (χ1) is 13.6. The molecule has 0 atom stereocenters. The number of hydrazone groups is 1. The van der Waals surface area contributed by atoms with Gasteiger partial charge in [-0.3, -0.25) is 4.68 Å². The molecule has 28 heavy (non-hydrogen) atoms. The van der Waals surface area contributed by atoms with Crippen molar-refractivity contribution in [3.63, 3.8) is 0 Å². The van der Waals surface area contributed by atoms with E-state index in [1.807, 2.05) is 24.3 Å². The second kappa shape index (κ2) is 11.2. The number of nitrogens with zero attached hydrogens (tertiary/aromatic N) is 3. The van der Waals surface area contributed by atoms with Gasteiger partial charge in [-0.15, -0.1) is 0 Å². The van der Waals surface area contributed by atoms with Gasteiger partial charge in [0, 0.05) is 17.6 Å². The van der Waals surface area contributed by atoms with Gasteiger partial charge in [-0.1, -0.05) is 56.0 Å². The van der Waals surface area contributed by atoms with Crippen LogP contribution in [0.1, 0.15) is 48.2 Å². The first-order valence-electron chi connectivity index (χ1n) is 9.24. The van der Waals surface area contributed by atoms with E-state index in [1.54, 1.807) is 17.8 Å². The summed E-state index contributed by atoms with van der Waals surface area (Å²) < 4.78 is 6.69. The molecule has 150 valence electrons. The molecule has 0 unspecified atom stereocenters. The number of unbranched alkanes of at least 4 members (excludes halogenated alkanes) is 1. The van der Waals surface area contributed by atoms with E-state index in [0.717, 1.165) is 35.4 Å². The summed E-state index contributed by atoms with van der Waals surface area (Å²) in [5, 5.41) is 11.9. The summed E-state index contributed by atoms with van der Waals surface area (Å²) >= 11 is 1.42. The molecule has 0 saturated heterocycles. The van der Waals surface area contributed by atoms with Gasteiger partial charge in [0.15, 0.2) is 5.17 Å². The van der Waals surface area contributed by atoms with Crippen molar-refractivity contribution in [1.29, 1.82) is 0 Å². The van der Waals surface area contributed by atoms with Crippen LogP contribution in [-0.2, 0) is 11.3 Å². The number of thioether (sulfide) groups is 1. The molecule has 1 heterocycles. The Morgan fingerprint density at radius 3 is 2.71 bits per heavy atom. The quantitative estimate of drug-likeness (QED) is 0.167. The summed E-state index contributed by atoms with van der Waals surface area (Å²) in [6.07, 6.45) is 5.37. The standard InChI is InChI=1S/C20H27N5O2S/c1-4-6-11-22-20(24-21)28-15(3)17-9-7-16(8-10-17)13-25-14-18(12-23-25)19(26)27-5-2/h7-10,12,14H,3-6,11,13,21H2,1-2H3,(H,22,24). The largest absolute Gasteiger partial charge is 0.462 e. The summed E-state index contributed by atoms with van der Waals surface area (Å²) in [6.45, 7) is 9.77. The molecule has 1 aromatic carbocycles. The molecule has 2 rings (SSSR count). The third kappa shape index (κ3) is 6.45. The zero-order valence-corrected chi connectivity index (χ0v) is 17.2. The molecule has 2 aromatic rings. The van der Waals surface area contributed by atoms with Crippen LogP contribution in [-0.4, -0.2) is 34.1 Å². The van der Waals surface area contributed by atoms with Crippen LogP contribution in [0.15, 0.2) is 48.3 Å². The SMILES string of the molecule is C=C(S/C(=N\N)NCCCC)c1ccc(Cn2cc(C(=O)OCC)cn2)cc1. The van der Waals surface area contributed by atoms with E-state index in [9.17, 15) is 4.79 Å². The van der Waals surface area contributed by atoms with Gasteiger partial charge < -0.3 is 15.9 Å². The maximum Gasteiger partial charge on any atom is 0.341 e. The number of hydrogen-bond acceptors (Lipinski definition) is 6. The minimum absolute atomic E-state index is 0.345. The van der Waals surface area contributed by atoms with Crippen molar-refractivity contribution >= 4 is 27.8 Å². The molecular formula is C20H27N5O2S. The Balaban J connectivity index is 1.93. The van der Waals surface area contributed by atoms with Crippen LogP contribution >= 0.6 is 11.8 Å². The number of hydrogen-bond donors (Lipinski definition) is 2. The maximum atomic E-state index is 11.7. The second-order valence-electron chi connectivity index (χ2n) is 6.08. The van der Waals surface area contributed by atoms with E-state index in [2.05, 4.69) is 29.0 Å². The summed E-state index contributed by atoms with van der Waals surface area (Å²) in [5.41, 5.74) is 2.51. The number of ether oxygens (including phenoxy) is 1. The van der Waals surface area contributed by atoms with Gasteiger partial charge in [0.05, 0.1) is 24.9 Å². The predicted octanol–water partition coefficient (Wildman–Crippen LogP) is 3.43. The molecule has 0 fully saturated rings. The van der Waals surface area contributed by atoms with Gasteiger partial charge in [0.2, 0.25) is 0 Å². The molecule has 1 aromatic heterocycles. The molecule has 0 saturated carbocycles. The third-order valence-corrected chi connectivity index (χ3v) is 4.83. The molecule has 0 bridgehead atoms. The Morgan fingerprint density at radius 1 is 1.32 bits per heavy atom. The van der Waals surface area contributed by atoms with E-state index < -0.39 is 0 Å². The zero-order valence-electron chi connectivity index (χ0n) is 16.4. The molecule has 0 aliphatic heterocycles. The number of amidine groups is 1. The molecule has 0 amide bonds. The Kier molecular flexibility index (Phi) is 8.61. The van der Waals surface area contributed by atoms with Crippen LogP contribution < -0.4 is 11.2 Å². The number of carbonyl (C=O) groups excluding carboxylic acids is 1. The highest BCUT2D eigenvalue weighted by Crippen LogP contribution is 2.26. The van der Waals surface area contributed by atoms with Gasteiger partial charge in [-0.2, -0.15) is 10.2 Å². The van der Waals surface area contributed by atoms with Crippen LogP contribution in [0.3, 0.4) is 0 Å². The number of carbonyl (C=O) groups is 1. The van der Waals surface area contributed by atoms with E-state index in [4.69, 9.17) is 10.6 Å². The molecular weight excluding hydrogens is 374 g/mol. The van der Waals surface area contributed by atoms with Crippen molar-refractivity contribution < 1.29 is 9.53 Å². The minimum atomic E-state index is -0.359. The lowest BCUT2D eigenvalue weighted by Gasteiger charge is -2.10. The monoisotopic (exact) mass is 401 g/mol. The van der Waals surface area contributed by atoms with Crippen LogP contribution in [0.4, 0.5) is 0 Å². The first-order valence-corrected chi connectivity index (χ1v) is 10.1. The van der Waals surface area contributed by atoms with Crippen molar-refractivity contribution in [3.05, 3.63) is 59.9 Å². The van der Waals surface area contributed by atoms with Crippen LogP contribution in [0.5, 0.6) is 0 Å². The Labute approximate surface area is 170 Å². The van der Waals surface area contributed by atoms with Crippen LogP contribution in [0.2, 0.25) is 0 Å². The molecule has 7 nitrogen and oxygen atoms in total. The van der Waals surface area contributed by atoms with E-state index >= 15 is 0 Å². The lowest BCUT2D eigenvalue weighted by Crippen LogP contribution is -2.22. The Morgan fingerprint density at radius 2 is 2.07 bits per heavy atom. The average Bonchev–Trinajstić information content (AvgIpc) is 3.16. The van der Waals surface area contributed by atoms with E-state index in [-0.39, 0.29) is 5.97 Å². The number of rotatable bonds is 9. The highest BCUT2D eigenvalue weighted by molar-refractivity contribution is 8.21. The van der Waals surface area contributed by atoms with Crippen LogP contribution in [0, 0.1) is 0 Å². The summed E-state index contributed by atoms with van der Waals surface area (Å²) in [4.78, 5) is 12.6. The molecule has 0 aliphatic rings. The topological polar surface area (TPSA) is 94.5 Å². The normalized spacial score (nSPS) is 11.3. The fraction of sp³-hybridized carbons (Fsp3) is 0.350. The van der Waals surface area contributed by atoms with Crippen molar-refractivity contribution in [2.45, 2.75) is 33.2 Å². The smallest absolute Gasteiger partial charge is 0.341 e. The summed E-state index contributed by atoms with van der Waals surface area (Å²) in [6, 6.07) is 8.02. The summed E-state index contributed by atoms with van der Waals surface area (Å²) in [7, 11) is 0. The highest BCUT2D eigenvalue weighted by atomic mass is 32.2. The Bertz CT molecular complexity index is 814.